The van der Waals surface area contributed by atoms with Crippen molar-refractivity contribution in [1.82, 2.24) is 9.97 Å². The standard InChI is InChI=1S/C13H21FN4/c1-9-3-5-13(7-15,6-4-9)18-12-11(14)10(2)16-8-17-12/h8-9H,3-7,15H2,1-2H3,(H,16,17,18). The molecule has 1 aliphatic rings. The summed E-state index contributed by atoms with van der Waals surface area (Å²) >= 11 is 0. The van der Waals surface area contributed by atoms with Gasteiger partial charge in [0, 0.05) is 6.54 Å². The van der Waals surface area contributed by atoms with Crippen LogP contribution >= 0.6 is 0 Å². The summed E-state index contributed by atoms with van der Waals surface area (Å²) in [4.78, 5) is 7.83. The maximum atomic E-state index is 13.9. The highest BCUT2D eigenvalue weighted by Crippen LogP contribution is 2.34. The molecule has 1 saturated carbocycles. The lowest BCUT2D eigenvalue weighted by Gasteiger charge is -2.39. The third-order valence-corrected chi connectivity index (χ3v) is 3.97. The zero-order chi connectivity index (χ0) is 13.2. The first-order valence-electron chi connectivity index (χ1n) is 6.52. The van der Waals surface area contributed by atoms with Crippen LogP contribution in [0, 0.1) is 18.7 Å². The number of aromatic nitrogens is 2. The quantitative estimate of drug-likeness (QED) is 0.866. The van der Waals surface area contributed by atoms with Crippen molar-refractivity contribution in [2.24, 2.45) is 11.7 Å². The first-order chi connectivity index (χ1) is 8.56. The van der Waals surface area contributed by atoms with Crippen molar-refractivity contribution in [2.45, 2.75) is 45.1 Å². The average molecular weight is 252 g/mol. The van der Waals surface area contributed by atoms with Gasteiger partial charge in [0.1, 0.15) is 6.33 Å². The fraction of sp³-hybridized carbons (Fsp3) is 0.692. The van der Waals surface area contributed by atoms with Gasteiger partial charge in [0.05, 0.1) is 11.2 Å². The minimum Gasteiger partial charge on any atom is -0.361 e. The highest BCUT2D eigenvalue weighted by Gasteiger charge is 2.33. The van der Waals surface area contributed by atoms with E-state index in [9.17, 15) is 4.39 Å². The maximum absolute atomic E-state index is 13.9. The number of anilines is 1. The number of rotatable bonds is 3. The van der Waals surface area contributed by atoms with Crippen LogP contribution in [0.4, 0.5) is 10.2 Å². The number of halogens is 1. The van der Waals surface area contributed by atoms with Crippen LogP contribution in [0.5, 0.6) is 0 Å². The first kappa shape index (κ1) is 13.2. The molecule has 18 heavy (non-hydrogen) atoms. The molecule has 100 valence electrons. The van der Waals surface area contributed by atoms with Crippen molar-refractivity contribution in [3.05, 3.63) is 17.8 Å². The first-order valence-corrected chi connectivity index (χ1v) is 6.52. The fourth-order valence-electron chi connectivity index (χ4n) is 2.49. The van der Waals surface area contributed by atoms with E-state index in [0.29, 0.717) is 12.2 Å². The van der Waals surface area contributed by atoms with Gasteiger partial charge >= 0.3 is 0 Å². The summed E-state index contributed by atoms with van der Waals surface area (Å²) in [7, 11) is 0. The third kappa shape index (κ3) is 2.61. The van der Waals surface area contributed by atoms with Crippen molar-refractivity contribution in [3.8, 4) is 0 Å². The van der Waals surface area contributed by atoms with E-state index >= 15 is 0 Å². The number of nitrogens with two attached hydrogens (primary N) is 1. The van der Waals surface area contributed by atoms with E-state index in [1.54, 1.807) is 6.92 Å². The molecule has 2 rings (SSSR count). The molecule has 1 aromatic heterocycles. The SMILES string of the molecule is Cc1ncnc(NC2(CN)CCC(C)CC2)c1F. The summed E-state index contributed by atoms with van der Waals surface area (Å²) in [5.74, 6) is 0.634. The molecule has 0 aromatic carbocycles. The third-order valence-electron chi connectivity index (χ3n) is 3.97. The van der Waals surface area contributed by atoms with Crippen molar-refractivity contribution in [3.63, 3.8) is 0 Å². The highest BCUT2D eigenvalue weighted by molar-refractivity contribution is 5.40. The molecule has 0 bridgehead atoms. The summed E-state index contributed by atoms with van der Waals surface area (Å²) in [6, 6.07) is 0. The average Bonchev–Trinajstić information content (AvgIpc) is 2.38. The lowest BCUT2D eigenvalue weighted by Crippen LogP contribution is -2.48. The summed E-state index contributed by atoms with van der Waals surface area (Å²) in [5, 5.41) is 3.22. The van der Waals surface area contributed by atoms with Gasteiger partial charge in [-0.15, -0.1) is 0 Å². The molecule has 1 fully saturated rings. The van der Waals surface area contributed by atoms with E-state index in [1.807, 2.05) is 0 Å². The van der Waals surface area contributed by atoms with Crippen LogP contribution in [0.15, 0.2) is 6.33 Å². The Morgan fingerprint density at radius 2 is 2.11 bits per heavy atom. The second kappa shape index (κ2) is 5.18. The molecule has 0 amide bonds. The monoisotopic (exact) mass is 252 g/mol. The van der Waals surface area contributed by atoms with Crippen LogP contribution in [0.3, 0.4) is 0 Å². The maximum Gasteiger partial charge on any atom is 0.186 e. The second-order valence-corrected chi connectivity index (χ2v) is 5.41. The van der Waals surface area contributed by atoms with Crippen LogP contribution in [0.2, 0.25) is 0 Å². The lowest BCUT2D eigenvalue weighted by molar-refractivity contribution is 0.270. The van der Waals surface area contributed by atoms with Crippen molar-refractivity contribution >= 4 is 5.82 Å². The Morgan fingerprint density at radius 3 is 2.72 bits per heavy atom. The normalized spacial score (nSPS) is 28.1. The summed E-state index contributed by atoms with van der Waals surface area (Å²) in [6.45, 7) is 4.39. The zero-order valence-corrected chi connectivity index (χ0v) is 11.0. The van der Waals surface area contributed by atoms with E-state index in [-0.39, 0.29) is 17.2 Å². The summed E-state index contributed by atoms with van der Waals surface area (Å²) < 4.78 is 13.9. The topological polar surface area (TPSA) is 63.8 Å². The largest absolute Gasteiger partial charge is 0.361 e. The molecular formula is C13H21FN4. The van der Waals surface area contributed by atoms with Gasteiger partial charge in [0.15, 0.2) is 11.6 Å². The van der Waals surface area contributed by atoms with E-state index in [0.717, 1.165) is 31.6 Å². The van der Waals surface area contributed by atoms with Gasteiger partial charge in [0.25, 0.3) is 0 Å². The van der Waals surface area contributed by atoms with Crippen molar-refractivity contribution in [2.75, 3.05) is 11.9 Å². The number of hydrogen-bond donors (Lipinski definition) is 2. The Morgan fingerprint density at radius 1 is 1.44 bits per heavy atom. The molecule has 0 atom stereocenters. The van der Waals surface area contributed by atoms with E-state index in [4.69, 9.17) is 5.73 Å². The molecule has 4 nitrogen and oxygen atoms in total. The molecule has 0 radical (unpaired) electrons. The van der Waals surface area contributed by atoms with Gasteiger partial charge in [-0.1, -0.05) is 6.92 Å². The molecule has 3 N–H and O–H groups in total. The van der Waals surface area contributed by atoms with Crippen LogP contribution < -0.4 is 11.1 Å². The van der Waals surface area contributed by atoms with E-state index in [2.05, 4.69) is 22.2 Å². The predicted molar refractivity (Wildman–Crippen MR) is 69.8 cm³/mol. The summed E-state index contributed by atoms with van der Waals surface area (Å²) in [5.41, 5.74) is 6.04. The molecule has 1 aliphatic carbocycles. The van der Waals surface area contributed by atoms with E-state index < -0.39 is 0 Å². The molecule has 1 aromatic rings. The Labute approximate surface area is 107 Å². The molecule has 1 heterocycles. The number of hydrogen-bond acceptors (Lipinski definition) is 4. The highest BCUT2D eigenvalue weighted by atomic mass is 19.1. The number of nitrogens with one attached hydrogen (secondary N) is 1. The molecule has 5 heteroatoms. The second-order valence-electron chi connectivity index (χ2n) is 5.41. The van der Waals surface area contributed by atoms with Crippen molar-refractivity contribution < 1.29 is 4.39 Å². The zero-order valence-electron chi connectivity index (χ0n) is 11.0. The lowest BCUT2D eigenvalue weighted by atomic mass is 9.77. The molecule has 0 saturated heterocycles. The molecule has 0 unspecified atom stereocenters. The van der Waals surface area contributed by atoms with E-state index in [1.165, 1.54) is 6.33 Å². The van der Waals surface area contributed by atoms with Crippen LogP contribution in [-0.2, 0) is 0 Å². The Kier molecular flexibility index (Phi) is 3.80. The van der Waals surface area contributed by atoms with Gasteiger partial charge in [-0.05, 0) is 38.5 Å². The summed E-state index contributed by atoms with van der Waals surface area (Å²) in [6.07, 6.45) is 5.56. The number of aryl methyl sites for hydroxylation is 1. The van der Waals surface area contributed by atoms with Gasteiger partial charge in [-0.3, -0.25) is 0 Å². The van der Waals surface area contributed by atoms with Crippen LogP contribution in [0.25, 0.3) is 0 Å². The fourth-order valence-corrected chi connectivity index (χ4v) is 2.49. The molecule has 0 aliphatic heterocycles. The van der Waals surface area contributed by atoms with Gasteiger partial charge in [-0.25, -0.2) is 14.4 Å². The Hall–Kier alpha value is -1.23. The van der Waals surface area contributed by atoms with Gasteiger partial charge in [-0.2, -0.15) is 0 Å². The van der Waals surface area contributed by atoms with Gasteiger partial charge < -0.3 is 11.1 Å². The van der Waals surface area contributed by atoms with Crippen LogP contribution in [0.1, 0.15) is 38.3 Å². The predicted octanol–water partition coefficient (Wildman–Crippen LogP) is 2.24. The Balaban J connectivity index is 2.17. The van der Waals surface area contributed by atoms with Gasteiger partial charge in [0.2, 0.25) is 0 Å². The van der Waals surface area contributed by atoms with Crippen molar-refractivity contribution in [1.29, 1.82) is 0 Å². The minimum atomic E-state index is -0.371. The smallest absolute Gasteiger partial charge is 0.186 e. The number of nitrogens with zero attached hydrogens (tertiary/aromatic N) is 2. The molecular weight excluding hydrogens is 231 g/mol. The minimum absolute atomic E-state index is 0.214. The van der Waals surface area contributed by atoms with Crippen LogP contribution in [-0.4, -0.2) is 22.1 Å². The molecule has 0 spiro atoms. The Bertz CT molecular complexity index is 413.